The van der Waals surface area contributed by atoms with Crippen molar-refractivity contribution in [2.45, 2.75) is 18.4 Å². The van der Waals surface area contributed by atoms with Gasteiger partial charge in [-0.2, -0.15) is 0 Å². The lowest BCUT2D eigenvalue weighted by Crippen LogP contribution is -2.39. The van der Waals surface area contributed by atoms with E-state index in [2.05, 4.69) is 5.32 Å². The second-order valence-corrected chi connectivity index (χ2v) is 7.73. The second kappa shape index (κ2) is 6.51. The molecule has 1 N–H and O–H groups in total. The van der Waals surface area contributed by atoms with E-state index in [0.29, 0.717) is 11.3 Å². The molecule has 1 saturated heterocycles. The minimum absolute atomic E-state index is 0.0147. The second-order valence-electron chi connectivity index (χ2n) is 5.81. The van der Waals surface area contributed by atoms with Crippen LogP contribution in [0.25, 0.3) is 0 Å². The Morgan fingerprint density at radius 1 is 1.40 bits per heavy atom. The Balaban J connectivity index is 1.91. The van der Waals surface area contributed by atoms with E-state index in [1.807, 2.05) is 0 Å². The predicted octanol–water partition coefficient (Wildman–Crippen LogP) is 0.761. The molecule has 0 spiro atoms. The van der Waals surface area contributed by atoms with Gasteiger partial charge < -0.3 is 10.1 Å². The highest BCUT2D eigenvalue weighted by Gasteiger charge is 2.50. The molecule has 0 saturated carbocycles. The predicted molar refractivity (Wildman–Crippen MR) is 87.1 cm³/mol. The lowest BCUT2D eigenvalue weighted by molar-refractivity contribution is -0.119. The molecule has 1 aromatic carbocycles. The van der Waals surface area contributed by atoms with Crippen molar-refractivity contribution in [3.63, 3.8) is 0 Å². The van der Waals surface area contributed by atoms with Crippen molar-refractivity contribution >= 4 is 27.7 Å². The highest BCUT2D eigenvalue weighted by atomic mass is 32.2. The quantitative estimate of drug-likeness (QED) is 0.824. The molecule has 0 aliphatic carbocycles. The van der Waals surface area contributed by atoms with Crippen molar-refractivity contribution in [3.05, 3.63) is 29.8 Å². The van der Waals surface area contributed by atoms with Crippen LogP contribution < -0.4 is 9.62 Å². The molecule has 8 nitrogen and oxygen atoms in total. The van der Waals surface area contributed by atoms with Crippen LogP contribution >= 0.6 is 0 Å². The van der Waals surface area contributed by atoms with E-state index < -0.39 is 34.3 Å². The number of nitrogens with one attached hydrogen (secondary N) is 1. The Morgan fingerprint density at radius 3 is 2.80 bits per heavy atom. The molecule has 2 atom stereocenters. The van der Waals surface area contributed by atoms with Crippen LogP contribution in [0.3, 0.4) is 0 Å². The third kappa shape index (κ3) is 3.01. The Morgan fingerprint density at radius 2 is 2.12 bits per heavy atom. The van der Waals surface area contributed by atoms with Gasteiger partial charge in [0.05, 0.1) is 25.3 Å². The van der Waals surface area contributed by atoms with Gasteiger partial charge in [0, 0.05) is 12.5 Å². The molecular formula is C15H18FN3O5S. The van der Waals surface area contributed by atoms with Crippen LogP contribution in [0.2, 0.25) is 0 Å². The number of halogens is 1. The number of ether oxygens (including phenoxy) is 1. The summed E-state index contributed by atoms with van der Waals surface area (Å²) in [7, 11) is -3.99. The first-order chi connectivity index (χ1) is 11.9. The van der Waals surface area contributed by atoms with Crippen LogP contribution in [0.5, 0.6) is 0 Å². The van der Waals surface area contributed by atoms with Crippen LogP contribution in [0, 0.1) is 0 Å². The summed E-state index contributed by atoms with van der Waals surface area (Å²) in [5.41, 5.74) is 0.774. The number of benzene rings is 1. The number of cyclic esters (lactones) is 1. The Bertz CT molecular complexity index is 800. The molecular weight excluding hydrogens is 353 g/mol. The SMILES string of the molecule is CC(=O)NC[C@H]1CN(C2c3ccccc3N(CCF)S2(=O)=O)C(=O)O1. The average Bonchev–Trinajstić information content (AvgIpc) is 3.01. The molecule has 10 heteroatoms. The molecule has 0 bridgehead atoms. The molecule has 2 heterocycles. The maximum Gasteiger partial charge on any atom is 0.411 e. The Kier molecular flexibility index (Phi) is 4.55. The van der Waals surface area contributed by atoms with Crippen molar-refractivity contribution < 1.29 is 27.1 Å². The van der Waals surface area contributed by atoms with E-state index in [-0.39, 0.29) is 25.5 Å². The maximum absolute atomic E-state index is 12.9. The number of nitrogens with zero attached hydrogens (tertiary/aromatic N) is 2. The molecule has 0 aromatic heterocycles. The third-order valence-electron chi connectivity index (χ3n) is 4.11. The number of sulfonamides is 1. The summed E-state index contributed by atoms with van der Waals surface area (Å²) in [6.07, 6.45) is -1.42. The van der Waals surface area contributed by atoms with Crippen molar-refractivity contribution in [2.75, 3.05) is 30.6 Å². The molecule has 0 radical (unpaired) electrons. The Labute approximate surface area is 144 Å². The van der Waals surface area contributed by atoms with Gasteiger partial charge in [-0.05, 0) is 6.07 Å². The lowest BCUT2D eigenvalue weighted by Gasteiger charge is -2.23. The number of alkyl halides is 1. The first-order valence-electron chi connectivity index (χ1n) is 7.74. The molecule has 1 unspecified atom stereocenters. The summed E-state index contributed by atoms with van der Waals surface area (Å²) >= 11 is 0. The number of carbonyl (C=O) groups excluding carboxylic acids is 2. The van der Waals surface area contributed by atoms with Crippen LogP contribution in [0.1, 0.15) is 17.9 Å². The highest BCUT2D eigenvalue weighted by molar-refractivity contribution is 7.93. The van der Waals surface area contributed by atoms with Crippen molar-refractivity contribution in [1.82, 2.24) is 10.2 Å². The summed E-state index contributed by atoms with van der Waals surface area (Å²) < 4.78 is 44.8. The van der Waals surface area contributed by atoms with Gasteiger partial charge in [-0.3, -0.25) is 14.0 Å². The lowest BCUT2D eigenvalue weighted by atomic mass is 10.1. The Hall–Kier alpha value is -2.36. The summed E-state index contributed by atoms with van der Waals surface area (Å²) in [4.78, 5) is 24.3. The van der Waals surface area contributed by atoms with E-state index >= 15 is 0 Å². The standard InChI is InChI=1S/C15H18FN3O5S/c1-10(20)17-8-11-9-18(15(21)24-11)14-12-4-2-3-5-13(12)19(7-6-16)25(14,22)23/h2-5,11,14H,6-9H2,1H3,(H,17,20)/t11-,14?/m0/s1. The van der Waals surface area contributed by atoms with E-state index in [1.165, 1.54) is 6.92 Å². The van der Waals surface area contributed by atoms with Gasteiger partial charge in [0.25, 0.3) is 10.0 Å². The number of amides is 2. The van der Waals surface area contributed by atoms with E-state index in [1.54, 1.807) is 24.3 Å². The van der Waals surface area contributed by atoms with Crippen LogP contribution in [-0.4, -0.2) is 57.7 Å². The van der Waals surface area contributed by atoms with Crippen LogP contribution in [0.4, 0.5) is 14.9 Å². The summed E-state index contributed by atoms with van der Waals surface area (Å²) in [6.45, 7) is 0.298. The average molecular weight is 371 g/mol. The van der Waals surface area contributed by atoms with E-state index in [0.717, 1.165) is 9.21 Å². The molecule has 1 fully saturated rings. The number of carbonyl (C=O) groups is 2. The fraction of sp³-hybridized carbons (Fsp3) is 0.467. The maximum atomic E-state index is 12.9. The summed E-state index contributed by atoms with van der Waals surface area (Å²) in [5, 5.41) is 1.28. The molecule has 25 heavy (non-hydrogen) atoms. The number of para-hydroxylation sites is 1. The van der Waals surface area contributed by atoms with Gasteiger partial charge in [-0.1, -0.05) is 18.2 Å². The number of anilines is 1. The first-order valence-corrected chi connectivity index (χ1v) is 9.24. The molecule has 136 valence electrons. The highest BCUT2D eigenvalue weighted by Crippen LogP contribution is 2.45. The molecule has 2 aliphatic heterocycles. The van der Waals surface area contributed by atoms with Crippen molar-refractivity contribution in [3.8, 4) is 0 Å². The molecule has 2 amide bonds. The fourth-order valence-electron chi connectivity index (χ4n) is 3.09. The molecule has 1 aromatic rings. The zero-order valence-corrected chi connectivity index (χ0v) is 14.3. The van der Waals surface area contributed by atoms with Gasteiger partial charge in [0.2, 0.25) is 5.91 Å². The topological polar surface area (TPSA) is 96.0 Å². The van der Waals surface area contributed by atoms with Crippen molar-refractivity contribution in [2.24, 2.45) is 0 Å². The summed E-state index contributed by atoms with van der Waals surface area (Å²) in [5.74, 6) is -0.276. The monoisotopic (exact) mass is 371 g/mol. The van der Waals surface area contributed by atoms with Gasteiger partial charge in [0.15, 0.2) is 5.37 Å². The number of hydrogen-bond donors (Lipinski definition) is 1. The van der Waals surface area contributed by atoms with Gasteiger partial charge in [-0.25, -0.2) is 17.6 Å². The summed E-state index contributed by atoms with van der Waals surface area (Å²) in [6, 6.07) is 6.50. The van der Waals surface area contributed by atoms with Gasteiger partial charge in [-0.15, -0.1) is 0 Å². The van der Waals surface area contributed by atoms with Gasteiger partial charge in [0.1, 0.15) is 12.8 Å². The first kappa shape index (κ1) is 17.5. The number of fused-ring (bicyclic) bond motifs is 1. The number of hydrogen-bond acceptors (Lipinski definition) is 5. The zero-order chi connectivity index (χ0) is 18.2. The minimum atomic E-state index is -3.99. The zero-order valence-electron chi connectivity index (χ0n) is 13.5. The largest absolute Gasteiger partial charge is 0.442 e. The van der Waals surface area contributed by atoms with Crippen LogP contribution in [-0.2, 0) is 19.6 Å². The van der Waals surface area contributed by atoms with Crippen LogP contribution in [0.15, 0.2) is 24.3 Å². The van der Waals surface area contributed by atoms with Gasteiger partial charge >= 0.3 is 6.09 Å². The normalized spacial score (nSPS) is 24.2. The number of rotatable bonds is 5. The molecule has 3 rings (SSSR count). The third-order valence-corrected chi connectivity index (χ3v) is 6.18. The van der Waals surface area contributed by atoms with E-state index in [4.69, 9.17) is 4.74 Å². The van der Waals surface area contributed by atoms with E-state index in [9.17, 15) is 22.4 Å². The smallest absolute Gasteiger partial charge is 0.411 e. The minimum Gasteiger partial charge on any atom is -0.442 e. The fourth-order valence-corrected chi connectivity index (χ4v) is 5.11. The van der Waals surface area contributed by atoms with Crippen molar-refractivity contribution in [1.29, 1.82) is 0 Å². The molecule has 2 aliphatic rings.